The predicted molar refractivity (Wildman–Crippen MR) is 96.5 cm³/mol. The molecule has 0 radical (unpaired) electrons. The van der Waals surface area contributed by atoms with Gasteiger partial charge in [-0.1, -0.05) is 55.3 Å². The second-order valence-electron chi connectivity index (χ2n) is 6.94. The van der Waals surface area contributed by atoms with Crippen LogP contribution in [0.3, 0.4) is 0 Å². The number of hydrogen-bond acceptors (Lipinski definition) is 5. The number of aromatic nitrogens is 5. The number of hydrogen-bond donors (Lipinski definition) is 2. The fraction of sp³-hybridized carbons (Fsp3) is 0.444. The van der Waals surface area contributed by atoms with E-state index in [1.54, 1.807) is 4.68 Å². The predicted octanol–water partition coefficient (Wildman–Crippen LogP) is 2.55. The first kappa shape index (κ1) is 15.8. The number of aromatic amines is 1. The average Bonchev–Trinajstić information content (AvgIpc) is 3.03. The van der Waals surface area contributed by atoms with Crippen molar-refractivity contribution in [2.24, 2.45) is 5.92 Å². The maximum atomic E-state index is 12.3. The molecule has 3 aromatic rings. The zero-order valence-corrected chi connectivity index (χ0v) is 14.3. The molecule has 2 heterocycles. The summed E-state index contributed by atoms with van der Waals surface area (Å²) in [6, 6.07) is 10.3. The lowest BCUT2D eigenvalue weighted by Crippen LogP contribution is -2.27. The van der Waals surface area contributed by atoms with Crippen LogP contribution in [0, 0.1) is 5.92 Å². The average molecular weight is 338 g/mol. The van der Waals surface area contributed by atoms with E-state index >= 15 is 0 Å². The van der Waals surface area contributed by atoms with Crippen LogP contribution in [0.5, 0.6) is 0 Å². The fourth-order valence-electron chi connectivity index (χ4n) is 3.64. The van der Waals surface area contributed by atoms with Crippen molar-refractivity contribution in [1.29, 1.82) is 0 Å². The summed E-state index contributed by atoms with van der Waals surface area (Å²) < 4.78 is 1.64. The van der Waals surface area contributed by atoms with Crippen LogP contribution in [0.2, 0.25) is 0 Å². The molecule has 4 rings (SSSR count). The fourth-order valence-corrected chi connectivity index (χ4v) is 3.64. The minimum atomic E-state index is -0.265. The quantitative estimate of drug-likeness (QED) is 0.763. The Morgan fingerprint density at radius 1 is 1.28 bits per heavy atom. The van der Waals surface area contributed by atoms with E-state index in [4.69, 9.17) is 0 Å². The maximum Gasteiger partial charge on any atom is 0.292 e. The molecule has 130 valence electrons. The smallest absolute Gasteiger partial charge is 0.292 e. The monoisotopic (exact) mass is 338 g/mol. The molecule has 1 aliphatic rings. The van der Waals surface area contributed by atoms with Gasteiger partial charge in [0.2, 0.25) is 0 Å². The van der Waals surface area contributed by atoms with Crippen molar-refractivity contribution in [2.75, 3.05) is 5.32 Å². The SMILES string of the molecule is CC1CCCC(Nc2n[nH]c(=O)c3c2nnn3Cc2ccccc2)C1. The van der Waals surface area contributed by atoms with Gasteiger partial charge < -0.3 is 5.32 Å². The lowest BCUT2D eigenvalue weighted by Gasteiger charge is -2.27. The second kappa shape index (κ2) is 6.66. The van der Waals surface area contributed by atoms with Gasteiger partial charge in [-0.3, -0.25) is 4.79 Å². The number of anilines is 1. The van der Waals surface area contributed by atoms with Gasteiger partial charge in [0.1, 0.15) is 0 Å². The summed E-state index contributed by atoms with van der Waals surface area (Å²) in [7, 11) is 0. The number of benzene rings is 1. The Morgan fingerprint density at radius 3 is 2.92 bits per heavy atom. The minimum Gasteiger partial charge on any atom is -0.364 e. The summed E-state index contributed by atoms with van der Waals surface area (Å²) in [6.45, 7) is 2.78. The molecule has 1 fully saturated rings. The standard InChI is InChI=1S/C18H22N6O/c1-12-6-5-9-14(10-12)19-17-15-16(18(25)22-21-17)24(23-20-15)11-13-7-3-2-4-8-13/h2-4,7-8,12,14H,5-6,9-11H2,1H3,(H,19,21)(H,22,25). The summed E-state index contributed by atoms with van der Waals surface area (Å²) >= 11 is 0. The summed E-state index contributed by atoms with van der Waals surface area (Å²) in [5, 5.41) is 18.6. The molecule has 1 saturated carbocycles. The highest BCUT2D eigenvalue weighted by molar-refractivity contribution is 5.84. The van der Waals surface area contributed by atoms with Crippen LogP contribution < -0.4 is 10.9 Å². The Morgan fingerprint density at radius 2 is 2.12 bits per heavy atom. The van der Waals surface area contributed by atoms with Crippen LogP contribution in [0.25, 0.3) is 11.0 Å². The summed E-state index contributed by atoms with van der Waals surface area (Å²) in [4.78, 5) is 12.3. The van der Waals surface area contributed by atoms with E-state index in [9.17, 15) is 4.79 Å². The van der Waals surface area contributed by atoms with Gasteiger partial charge >= 0.3 is 0 Å². The van der Waals surface area contributed by atoms with E-state index in [1.807, 2.05) is 30.3 Å². The molecule has 2 N–H and O–H groups in total. The first-order valence-corrected chi connectivity index (χ1v) is 8.83. The molecule has 2 unspecified atom stereocenters. The number of fused-ring (bicyclic) bond motifs is 1. The highest BCUT2D eigenvalue weighted by Gasteiger charge is 2.22. The molecule has 0 amide bonds. The van der Waals surface area contributed by atoms with Gasteiger partial charge in [0.25, 0.3) is 5.56 Å². The van der Waals surface area contributed by atoms with Crippen molar-refractivity contribution in [3.8, 4) is 0 Å². The summed E-state index contributed by atoms with van der Waals surface area (Å²) in [5.74, 6) is 1.33. The first-order valence-electron chi connectivity index (χ1n) is 8.83. The third kappa shape index (κ3) is 3.26. The Hall–Kier alpha value is -2.70. The van der Waals surface area contributed by atoms with E-state index in [2.05, 4.69) is 32.7 Å². The molecule has 2 aromatic heterocycles. The molecule has 1 aromatic carbocycles. The zero-order chi connectivity index (χ0) is 17.2. The molecular weight excluding hydrogens is 316 g/mol. The Kier molecular flexibility index (Phi) is 4.21. The van der Waals surface area contributed by atoms with Gasteiger partial charge in [0.05, 0.1) is 6.54 Å². The number of nitrogens with zero attached hydrogens (tertiary/aromatic N) is 4. The van der Waals surface area contributed by atoms with Crippen molar-refractivity contribution < 1.29 is 0 Å². The molecule has 1 aliphatic carbocycles. The minimum absolute atomic E-state index is 0.265. The normalized spacial score (nSPS) is 20.7. The van der Waals surface area contributed by atoms with Crippen LogP contribution in [-0.2, 0) is 6.54 Å². The maximum absolute atomic E-state index is 12.3. The van der Waals surface area contributed by atoms with E-state index in [1.165, 1.54) is 12.8 Å². The van der Waals surface area contributed by atoms with E-state index in [0.29, 0.717) is 35.4 Å². The number of H-pyrrole nitrogens is 1. The van der Waals surface area contributed by atoms with E-state index in [0.717, 1.165) is 18.4 Å². The van der Waals surface area contributed by atoms with Crippen LogP contribution in [0.15, 0.2) is 35.1 Å². The van der Waals surface area contributed by atoms with Crippen molar-refractivity contribution >= 4 is 16.9 Å². The highest BCUT2D eigenvalue weighted by atomic mass is 16.1. The Bertz CT molecular complexity index is 916. The lowest BCUT2D eigenvalue weighted by atomic mass is 9.87. The first-order chi connectivity index (χ1) is 12.2. The van der Waals surface area contributed by atoms with E-state index in [-0.39, 0.29) is 5.56 Å². The topological polar surface area (TPSA) is 88.5 Å². The van der Waals surface area contributed by atoms with Gasteiger partial charge in [-0.25, -0.2) is 9.78 Å². The van der Waals surface area contributed by atoms with Crippen molar-refractivity contribution in [3.05, 3.63) is 46.2 Å². The van der Waals surface area contributed by atoms with Crippen LogP contribution in [0.1, 0.15) is 38.2 Å². The molecular formula is C18H22N6O. The Balaban J connectivity index is 1.66. The van der Waals surface area contributed by atoms with Gasteiger partial charge in [-0.15, -0.1) is 5.10 Å². The molecule has 0 saturated heterocycles. The largest absolute Gasteiger partial charge is 0.364 e. The molecule has 0 spiro atoms. The van der Waals surface area contributed by atoms with Crippen molar-refractivity contribution in [1.82, 2.24) is 25.2 Å². The summed E-state index contributed by atoms with van der Waals surface area (Å²) in [5.41, 5.74) is 1.81. The molecule has 7 nitrogen and oxygen atoms in total. The number of nitrogens with one attached hydrogen (secondary N) is 2. The van der Waals surface area contributed by atoms with Crippen molar-refractivity contribution in [3.63, 3.8) is 0 Å². The van der Waals surface area contributed by atoms with Gasteiger partial charge in [-0.2, -0.15) is 5.10 Å². The van der Waals surface area contributed by atoms with E-state index < -0.39 is 0 Å². The van der Waals surface area contributed by atoms with Crippen LogP contribution in [0.4, 0.5) is 5.82 Å². The number of rotatable bonds is 4. The van der Waals surface area contributed by atoms with Gasteiger partial charge in [0, 0.05) is 6.04 Å². The molecule has 7 heteroatoms. The van der Waals surface area contributed by atoms with Gasteiger partial charge in [0.15, 0.2) is 16.9 Å². The van der Waals surface area contributed by atoms with Crippen molar-refractivity contribution in [2.45, 2.75) is 45.2 Å². The molecule has 0 aliphatic heterocycles. The van der Waals surface area contributed by atoms with Crippen LogP contribution >= 0.6 is 0 Å². The van der Waals surface area contributed by atoms with Gasteiger partial charge in [-0.05, 0) is 24.3 Å². The highest BCUT2D eigenvalue weighted by Crippen LogP contribution is 2.27. The van der Waals surface area contributed by atoms with Crippen LogP contribution in [-0.4, -0.2) is 31.2 Å². The molecule has 0 bridgehead atoms. The summed E-state index contributed by atoms with van der Waals surface area (Å²) in [6.07, 6.45) is 4.72. The third-order valence-electron chi connectivity index (χ3n) is 4.90. The molecule has 25 heavy (non-hydrogen) atoms. The Labute approximate surface area is 145 Å². The molecule has 2 atom stereocenters. The lowest BCUT2D eigenvalue weighted by molar-refractivity contribution is 0.358. The third-order valence-corrected chi connectivity index (χ3v) is 4.90. The zero-order valence-electron chi connectivity index (χ0n) is 14.3. The second-order valence-corrected chi connectivity index (χ2v) is 6.94.